The van der Waals surface area contributed by atoms with E-state index in [2.05, 4.69) is 19.2 Å². The van der Waals surface area contributed by atoms with Crippen molar-refractivity contribution in [2.75, 3.05) is 5.88 Å². The third-order valence-electron chi connectivity index (χ3n) is 1.66. The Hall–Kier alpha value is -0.440. The molecular formula is C11H22ClNO2. The molecule has 0 aliphatic heterocycles. The van der Waals surface area contributed by atoms with E-state index in [1.807, 2.05) is 20.8 Å². The third-order valence-corrected chi connectivity index (χ3v) is 2.04. The molecule has 0 heterocycles. The number of amides is 1. The molecule has 0 aromatic carbocycles. The van der Waals surface area contributed by atoms with Gasteiger partial charge >= 0.3 is 6.09 Å². The summed E-state index contributed by atoms with van der Waals surface area (Å²) in [6, 6.07) is -0.0125. The van der Waals surface area contributed by atoms with Crippen molar-refractivity contribution >= 4 is 17.7 Å². The van der Waals surface area contributed by atoms with E-state index in [9.17, 15) is 4.79 Å². The van der Waals surface area contributed by atoms with Crippen molar-refractivity contribution in [1.82, 2.24) is 5.32 Å². The van der Waals surface area contributed by atoms with E-state index in [-0.39, 0.29) is 6.04 Å². The van der Waals surface area contributed by atoms with Crippen LogP contribution in [0.2, 0.25) is 0 Å². The Bertz CT molecular complexity index is 199. The SMILES string of the molecule is CC(C)CC(CCl)NC(=O)OC(C)(C)C. The second kappa shape index (κ2) is 6.21. The molecule has 0 aromatic rings. The summed E-state index contributed by atoms with van der Waals surface area (Å²) in [5.41, 5.74) is -0.460. The van der Waals surface area contributed by atoms with E-state index in [1.165, 1.54) is 0 Å². The molecule has 0 aliphatic carbocycles. The summed E-state index contributed by atoms with van der Waals surface area (Å²) in [4.78, 5) is 11.4. The number of hydrogen-bond donors (Lipinski definition) is 1. The van der Waals surface area contributed by atoms with Crippen LogP contribution in [-0.2, 0) is 4.74 Å². The quantitative estimate of drug-likeness (QED) is 0.761. The number of carbonyl (C=O) groups excluding carboxylic acids is 1. The Labute approximate surface area is 97.5 Å². The summed E-state index contributed by atoms with van der Waals surface area (Å²) < 4.78 is 5.14. The van der Waals surface area contributed by atoms with Crippen molar-refractivity contribution in [3.05, 3.63) is 0 Å². The second-order valence-corrected chi connectivity index (χ2v) is 5.44. The lowest BCUT2D eigenvalue weighted by Crippen LogP contribution is -2.40. The van der Waals surface area contributed by atoms with Gasteiger partial charge in [0.2, 0.25) is 0 Å². The highest BCUT2D eigenvalue weighted by Crippen LogP contribution is 2.09. The summed E-state index contributed by atoms with van der Waals surface area (Å²) in [6.07, 6.45) is 0.469. The standard InChI is InChI=1S/C11H22ClNO2/c1-8(2)6-9(7-12)13-10(14)15-11(3,4)5/h8-9H,6-7H2,1-5H3,(H,13,14). The molecule has 1 unspecified atom stereocenters. The topological polar surface area (TPSA) is 38.3 Å². The van der Waals surface area contributed by atoms with Crippen molar-refractivity contribution < 1.29 is 9.53 Å². The molecule has 0 bridgehead atoms. The molecule has 4 heteroatoms. The van der Waals surface area contributed by atoms with Crippen molar-refractivity contribution in [2.24, 2.45) is 5.92 Å². The van der Waals surface area contributed by atoms with Gasteiger partial charge in [-0.1, -0.05) is 13.8 Å². The monoisotopic (exact) mass is 235 g/mol. The largest absolute Gasteiger partial charge is 0.444 e. The smallest absolute Gasteiger partial charge is 0.407 e. The van der Waals surface area contributed by atoms with Gasteiger partial charge in [0.15, 0.2) is 0 Å². The third kappa shape index (κ3) is 8.55. The van der Waals surface area contributed by atoms with Crippen LogP contribution in [0.3, 0.4) is 0 Å². The Morgan fingerprint density at radius 2 is 1.93 bits per heavy atom. The molecule has 0 saturated heterocycles. The number of rotatable bonds is 4. The highest BCUT2D eigenvalue weighted by atomic mass is 35.5. The van der Waals surface area contributed by atoms with Crippen LogP contribution in [0.5, 0.6) is 0 Å². The fraction of sp³-hybridized carbons (Fsp3) is 0.909. The van der Waals surface area contributed by atoms with Gasteiger partial charge in [-0.15, -0.1) is 11.6 Å². The molecule has 0 spiro atoms. The van der Waals surface area contributed by atoms with Crippen LogP contribution < -0.4 is 5.32 Å². The van der Waals surface area contributed by atoms with Gasteiger partial charge in [0.25, 0.3) is 0 Å². The molecule has 1 N–H and O–H groups in total. The van der Waals surface area contributed by atoms with Crippen molar-refractivity contribution in [3.63, 3.8) is 0 Å². The van der Waals surface area contributed by atoms with Gasteiger partial charge in [-0.05, 0) is 33.1 Å². The highest BCUT2D eigenvalue weighted by Gasteiger charge is 2.19. The maximum absolute atomic E-state index is 11.4. The fourth-order valence-corrected chi connectivity index (χ4v) is 1.41. The zero-order valence-electron chi connectivity index (χ0n) is 10.3. The first-order valence-electron chi connectivity index (χ1n) is 5.30. The summed E-state index contributed by atoms with van der Waals surface area (Å²) in [7, 11) is 0. The molecule has 0 aliphatic rings. The van der Waals surface area contributed by atoms with Crippen LogP contribution in [0.4, 0.5) is 4.79 Å². The second-order valence-electron chi connectivity index (χ2n) is 5.13. The van der Waals surface area contributed by atoms with Gasteiger partial charge in [-0.2, -0.15) is 0 Å². The zero-order valence-corrected chi connectivity index (χ0v) is 11.0. The number of carbonyl (C=O) groups is 1. The van der Waals surface area contributed by atoms with Gasteiger partial charge in [-0.3, -0.25) is 0 Å². The van der Waals surface area contributed by atoms with Gasteiger partial charge in [0.05, 0.1) is 0 Å². The Morgan fingerprint density at radius 3 is 2.27 bits per heavy atom. The van der Waals surface area contributed by atoms with E-state index in [1.54, 1.807) is 0 Å². The number of nitrogens with one attached hydrogen (secondary N) is 1. The number of alkyl halides is 1. The molecule has 3 nitrogen and oxygen atoms in total. The van der Waals surface area contributed by atoms with E-state index < -0.39 is 11.7 Å². The van der Waals surface area contributed by atoms with Crippen LogP contribution >= 0.6 is 11.6 Å². The maximum atomic E-state index is 11.4. The lowest BCUT2D eigenvalue weighted by molar-refractivity contribution is 0.0504. The average molecular weight is 236 g/mol. The summed E-state index contributed by atoms with van der Waals surface area (Å²) in [6.45, 7) is 9.70. The lowest BCUT2D eigenvalue weighted by Gasteiger charge is -2.23. The molecule has 0 saturated carbocycles. The number of ether oxygens (including phenoxy) is 1. The highest BCUT2D eigenvalue weighted by molar-refractivity contribution is 6.18. The molecule has 0 aromatic heterocycles. The van der Waals surface area contributed by atoms with E-state index >= 15 is 0 Å². The van der Waals surface area contributed by atoms with Gasteiger partial charge < -0.3 is 10.1 Å². The Morgan fingerprint density at radius 1 is 1.40 bits per heavy atom. The first-order valence-corrected chi connectivity index (χ1v) is 5.83. The van der Waals surface area contributed by atoms with Crippen LogP contribution in [0.25, 0.3) is 0 Å². The fourth-order valence-electron chi connectivity index (χ4n) is 1.20. The molecule has 0 rings (SSSR count). The van der Waals surface area contributed by atoms with Crippen molar-refractivity contribution in [1.29, 1.82) is 0 Å². The van der Waals surface area contributed by atoms with Crippen molar-refractivity contribution in [2.45, 2.75) is 52.7 Å². The van der Waals surface area contributed by atoms with Gasteiger partial charge in [0, 0.05) is 11.9 Å². The first-order chi connectivity index (χ1) is 6.74. The van der Waals surface area contributed by atoms with Gasteiger partial charge in [-0.25, -0.2) is 4.79 Å². The number of hydrogen-bond acceptors (Lipinski definition) is 2. The molecule has 90 valence electrons. The molecule has 1 amide bonds. The molecule has 1 atom stereocenters. The summed E-state index contributed by atoms with van der Waals surface area (Å²) >= 11 is 5.76. The minimum atomic E-state index is -0.460. The minimum Gasteiger partial charge on any atom is -0.444 e. The van der Waals surface area contributed by atoms with E-state index in [0.717, 1.165) is 6.42 Å². The van der Waals surface area contributed by atoms with Crippen LogP contribution in [0, 0.1) is 5.92 Å². The maximum Gasteiger partial charge on any atom is 0.407 e. The van der Waals surface area contributed by atoms with Crippen LogP contribution in [0.15, 0.2) is 0 Å². The average Bonchev–Trinajstić information content (AvgIpc) is 1.98. The predicted molar refractivity (Wildman–Crippen MR) is 63.3 cm³/mol. The minimum absolute atomic E-state index is 0.0125. The van der Waals surface area contributed by atoms with Crippen LogP contribution in [0.1, 0.15) is 41.0 Å². The van der Waals surface area contributed by atoms with Crippen LogP contribution in [-0.4, -0.2) is 23.6 Å². The van der Waals surface area contributed by atoms with E-state index in [0.29, 0.717) is 11.8 Å². The Kier molecular flexibility index (Phi) is 6.03. The summed E-state index contributed by atoms with van der Waals surface area (Å²) in [5.74, 6) is 0.918. The number of alkyl carbamates (subject to hydrolysis) is 1. The molecular weight excluding hydrogens is 214 g/mol. The van der Waals surface area contributed by atoms with Crippen molar-refractivity contribution in [3.8, 4) is 0 Å². The molecule has 0 fully saturated rings. The van der Waals surface area contributed by atoms with E-state index in [4.69, 9.17) is 16.3 Å². The number of halogens is 1. The normalized spacial score (nSPS) is 13.8. The summed E-state index contributed by atoms with van der Waals surface area (Å²) in [5, 5.41) is 2.76. The lowest BCUT2D eigenvalue weighted by atomic mass is 10.1. The predicted octanol–water partition coefficient (Wildman–Crippen LogP) is 3.16. The first kappa shape index (κ1) is 14.6. The molecule has 0 radical (unpaired) electrons. The Balaban J connectivity index is 4.02. The van der Waals surface area contributed by atoms with Gasteiger partial charge in [0.1, 0.15) is 5.60 Å². The molecule has 15 heavy (non-hydrogen) atoms. The zero-order chi connectivity index (χ0) is 12.1.